The minimum atomic E-state index is -0.429. The van der Waals surface area contributed by atoms with Crippen molar-refractivity contribution < 1.29 is 9.53 Å². The highest BCUT2D eigenvalue weighted by atomic mass is 16.5. The molecule has 0 saturated carbocycles. The Morgan fingerprint density at radius 1 is 1.36 bits per heavy atom. The molecule has 0 spiro atoms. The molecule has 0 atom stereocenters. The largest absolute Gasteiger partial charge is 0.384 e. The van der Waals surface area contributed by atoms with E-state index in [1.54, 1.807) is 19.5 Å². The van der Waals surface area contributed by atoms with Gasteiger partial charge in [0.2, 0.25) is 5.91 Å². The molecule has 1 saturated heterocycles. The highest BCUT2D eigenvalue weighted by molar-refractivity contribution is 5.83. The van der Waals surface area contributed by atoms with E-state index in [4.69, 9.17) is 4.74 Å². The van der Waals surface area contributed by atoms with Crippen molar-refractivity contribution in [3.8, 4) is 5.82 Å². The summed E-state index contributed by atoms with van der Waals surface area (Å²) in [5.74, 6) is 1.77. The molecule has 0 aliphatic carbocycles. The van der Waals surface area contributed by atoms with Gasteiger partial charge in [0.1, 0.15) is 11.6 Å². The van der Waals surface area contributed by atoms with E-state index in [1.807, 2.05) is 29.8 Å². The summed E-state index contributed by atoms with van der Waals surface area (Å²) in [7, 11) is 1.65. The van der Waals surface area contributed by atoms with Gasteiger partial charge in [0, 0.05) is 32.2 Å². The van der Waals surface area contributed by atoms with Crippen LogP contribution in [0.3, 0.4) is 0 Å². The number of hydrogen-bond donors (Lipinski definition) is 2. The Labute approximate surface area is 147 Å². The van der Waals surface area contributed by atoms with Crippen molar-refractivity contribution >= 4 is 5.91 Å². The summed E-state index contributed by atoms with van der Waals surface area (Å²) in [4.78, 5) is 21.4. The Kier molecular flexibility index (Phi) is 5.45. The number of imidazole rings is 1. The summed E-state index contributed by atoms with van der Waals surface area (Å²) < 4.78 is 7.24. The molecule has 134 valence electrons. The number of aryl methyl sites for hydroxylation is 1. The summed E-state index contributed by atoms with van der Waals surface area (Å²) in [5.41, 5.74) is 0.540. The lowest BCUT2D eigenvalue weighted by molar-refractivity contribution is -0.136. The third kappa shape index (κ3) is 3.88. The second-order valence-corrected chi connectivity index (χ2v) is 6.52. The molecule has 0 unspecified atom stereocenters. The summed E-state index contributed by atoms with van der Waals surface area (Å²) in [6, 6.07) is 3.92. The number of ether oxygens (including phenoxy) is 1. The zero-order valence-corrected chi connectivity index (χ0v) is 14.8. The molecule has 25 heavy (non-hydrogen) atoms. The van der Waals surface area contributed by atoms with Crippen molar-refractivity contribution in [2.45, 2.75) is 26.3 Å². The van der Waals surface area contributed by atoms with Crippen molar-refractivity contribution in [3.63, 3.8) is 0 Å². The van der Waals surface area contributed by atoms with E-state index in [9.17, 15) is 4.79 Å². The number of nitrogens with one attached hydrogen (secondary N) is 2. The van der Waals surface area contributed by atoms with Gasteiger partial charge in [-0.15, -0.1) is 0 Å². The van der Waals surface area contributed by atoms with Crippen LogP contribution in [0.15, 0.2) is 30.7 Å². The van der Waals surface area contributed by atoms with Crippen LogP contribution in [0.1, 0.15) is 24.2 Å². The smallest absolute Gasteiger partial charge is 0.228 e. The zero-order chi connectivity index (χ0) is 17.7. The van der Waals surface area contributed by atoms with Crippen molar-refractivity contribution in [1.82, 2.24) is 25.2 Å². The van der Waals surface area contributed by atoms with Crippen LogP contribution < -0.4 is 10.6 Å². The summed E-state index contributed by atoms with van der Waals surface area (Å²) in [6.07, 6.45) is 7.01. The van der Waals surface area contributed by atoms with Crippen molar-refractivity contribution in [2.75, 3.05) is 26.8 Å². The third-order valence-electron chi connectivity index (χ3n) is 4.80. The predicted molar refractivity (Wildman–Crippen MR) is 94.4 cm³/mol. The Bertz CT molecular complexity index is 699. The van der Waals surface area contributed by atoms with Crippen LogP contribution in [0.4, 0.5) is 0 Å². The fraction of sp³-hybridized carbons (Fsp3) is 0.500. The van der Waals surface area contributed by atoms with Crippen LogP contribution in [0.2, 0.25) is 0 Å². The van der Waals surface area contributed by atoms with E-state index >= 15 is 0 Å². The summed E-state index contributed by atoms with van der Waals surface area (Å²) >= 11 is 0. The molecule has 0 aromatic carbocycles. The number of pyridine rings is 1. The van der Waals surface area contributed by atoms with Gasteiger partial charge in [-0.2, -0.15) is 0 Å². The Hall–Kier alpha value is -2.25. The van der Waals surface area contributed by atoms with E-state index in [2.05, 4.69) is 20.6 Å². The van der Waals surface area contributed by atoms with Gasteiger partial charge < -0.3 is 15.4 Å². The van der Waals surface area contributed by atoms with E-state index in [1.165, 1.54) is 0 Å². The Balaban J connectivity index is 1.62. The van der Waals surface area contributed by atoms with Gasteiger partial charge in [0.05, 0.1) is 12.0 Å². The minimum Gasteiger partial charge on any atom is -0.384 e. The number of piperidine rings is 1. The molecule has 7 nitrogen and oxygen atoms in total. The second kappa shape index (κ2) is 7.76. The molecule has 7 heteroatoms. The maximum absolute atomic E-state index is 12.7. The number of methoxy groups -OCH3 is 1. The van der Waals surface area contributed by atoms with Gasteiger partial charge in [-0.25, -0.2) is 9.97 Å². The molecule has 3 rings (SSSR count). The van der Waals surface area contributed by atoms with E-state index in [0.29, 0.717) is 13.2 Å². The van der Waals surface area contributed by atoms with Crippen molar-refractivity contribution in [1.29, 1.82) is 0 Å². The SMILES string of the molecule is COCC1(C(=O)NCc2ccc(-n3ccnc3C)nc2)CCNCC1. The first-order valence-corrected chi connectivity index (χ1v) is 8.58. The molecule has 1 aliphatic heterocycles. The first kappa shape index (κ1) is 17.6. The monoisotopic (exact) mass is 343 g/mol. The first-order valence-electron chi connectivity index (χ1n) is 8.58. The van der Waals surface area contributed by atoms with Gasteiger partial charge in [0.15, 0.2) is 0 Å². The Morgan fingerprint density at radius 3 is 2.76 bits per heavy atom. The molecule has 1 amide bonds. The number of carbonyl (C=O) groups excluding carboxylic acids is 1. The predicted octanol–water partition coefficient (Wildman–Crippen LogP) is 1.21. The molecule has 0 bridgehead atoms. The second-order valence-electron chi connectivity index (χ2n) is 6.52. The molecule has 1 aliphatic rings. The number of carbonyl (C=O) groups is 1. The normalized spacial score (nSPS) is 16.6. The molecule has 1 fully saturated rings. The van der Waals surface area contributed by atoms with E-state index < -0.39 is 5.41 Å². The van der Waals surface area contributed by atoms with Crippen LogP contribution >= 0.6 is 0 Å². The first-order chi connectivity index (χ1) is 12.1. The van der Waals surface area contributed by atoms with Gasteiger partial charge >= 0.3 is 0 Å². The maximum Gasteiger partial charge on any atom is 0.228 e. The summed E-state index contributed by atoms with van der Waals surface area (Å²) in [5, 5.41) is 6.35. The quantitative estimate of drug-likeness (QED) is 0.824. The van der Waals surface area contributed by atoms with Crippen LogP contribution in [-0.2, 0) is 16.1 Å². The molecule has 2 aromatic heterocycles. The number of hydrogen-bond acceptors (Lipinski definition) is 5. The van der Waals surface area contributed by atoms with Crippen molar-refractivity contribution in [3.05, 3.63) is 42.1 Å². The number of amides is 1. The van der Waals surface area contributed by atoms with Crippen LogP contribution in [-0.4, -0.2) is 47.2 Å². The number of aromatic nitrogens is 3. The molecular formula is C18H25N5O2. The Morgan fingerprint density at radius 2 is 2.16 bits per heavy atom. The molecule has 3 heterocycles. The average molecular weight is 343 g/mol. The topological polar surface area (TPSA) is 81.1 Å². The van der Waals surface area contributed by atoms with Gasteiger partial charge in [-0.1, -0.05) is 6.07 Å². The fourth-order valence-corrected chi connectivity index (χ4v) is 3.27. The van der Waals surface area contributed by atoms with Gasteiger partial charge in [-0.05, 0) is 44.5 Å². The lowest BCUT2D eigenvalue weighted by Crippen LogP contribution is -2.49. The van der Waals surface area contributed by atoms with Crippen molar-refractivity contribution in [2.24, 2.45) is 5.41 Å². The summed E-state index contributed by atoms with van der Waals surface area (Å²) in [6.45, 7) is 4.55. The molecule has 2 aromatic rings. The van der Waals surface area contributed by atoms with Crippen LogP contribution in [0.5, 0.6) is 0 Å². The highest BCUT2D eigenvalue weighted by Crippen LogP contribution is 2.29. The highest BCUT2D eigenvalue weighted by Gasteiger charge is 2.39. The standard InChI is InChI=1S/C18H25N5O2/c1-14-20-9-10-23(14)16-4-3-15(11-21-16)12-22-17(24)18(13-25-2)5-7-19-8-6-18/h3-4,9-11,19H,5-8,12-13H2,1-2H3,(H,22,24). The maximum atomic E-state index is 12.7. The van der Waals surface area contributed by atoms with Crippen LogP contribution in [0, 0.1) is 12.3 Å². The van der Waals surface area contributed by atoms with E-state index in [-0.39, 0.29) is 5.91 Å². The van der Waals surface area contributed by atoms with Crippen LogP contribution in [0.25, 0.3) is 5.82 Å². The lowest BCUT2D eigenvalue weighted by atomic mass is 9.78. The fourth-order valence-electron chi connectivity index (χ4n) is 3.27. The molecular weight excluding hydrogens is 318 g/mol. The molecule has 0 radical (unpaired) electrons. The average Bonchev–Trinajstić information content (AvgIpc) is 3.07. The van der Waals surface area contributed by atoms with E-state index in [0.717, 1.165) is 43.1 Å². The third-order valence-corrected chi connectivity index (χ3v) is 4.80. The van der Waals surface area contributed by atoms with Gasteiger partial charge in [0.25, 0.3) is 0 Å². The lowest BCUT2D eigenvalue weighted by Gasteiger charge is -2.35. The van der Waals surface area contributed by atoms with Gasteiger partial charge in [-0.3, -0.25) is 9.36 Å². The molecule has 2 N–H and O–H groups in total. The number of rotatable bonds is 6. The number of nitrogens with zero attached hydrogens (tertiary/aromatic N) is 3. The minimum absolute atomic E-state index is 0.0605. The zero-order valence-electron chi connectivity index (χ0n) is 14.8.